The van der Waals surface area contributed by atoms with Crippen LogP contribution in [0.5, 0.6) is 11.5 Å². The molecule has 0 spiro atoms. The summed E-state index contributed by atoms with van der Waals surface area (Å²) in [7, 11) is 0. The van der Waals surface area contributed by atoms with Crippen molar-refractivity contribution in [3.63, 3.8) is 0 Å². The Labute approximate surface area is 176 Å². The zero-order chi connectivity index (χ0) is 20.8. The molecule has 30 heavy (non-hydrogen) atoms. The largest absolute Gasteiger partial charge is 0.457 e. The molecule has 1 aliphatic rings. The Hall–Kier alpha value is -3.60. The molecule has 0 aromatic heterocycles. The SMILES string of the molecule is O=C(NC(Cc1ccccc1)C(=O)NC1CC1)c1ccc(Oc2ccccc2)cc1. The molecule has 5 heteroatoms. The summed E-state index contributed by atoms with van der Waals surface area (Å²) in [6.07, 6.45) is 2.45. The molecule has 2 N–H and O–H groups in total. The van der Waals surface area contributed by atoms with Gasteiger partial charge >= 0.3 is 0 Å². The topological polar surface area (TPSA) is 67.4 Å². The van der Waals surface area contributed by atoms with Gasteiger partial charge in [0.25, 0.3) is 5.91 Å². The molecule has 0 aliphatic heterocycles. The third-order valence-electron chi connectivity index (χ3n) is 4.92. The third-order valence-corrected chi connectivity index (χ3v) is 4.92. The number of ether oxygens (including phenoxy) is 1. The second-order valence-electron chi connectivity index (χ2n) is 7.44. The van der Waals surface area contributed by atoms with E-state index in [9.17, 15) is 9.59 Å². The minimum atomic E-state index is -0.624. The van der Waals surface area contributed by atoms with Crippen molar-refractivity contribution < 1.29 is 14.3 Å². The second-order valence-corrected chi connectivity index (χ2v) is 7.44. The molecule has 1 fully saturated rings. The number of para-hydroxylation sites is 1. The Kier molecular flexibility index (Phi) is 6.09. The molecule has 1 aliphatic carbocycles. The van der Waals surface area contributed by atoms with Gasteiger partial charge in [-0.25, -0.2) is 0 Å². The molecular formula is C25H24N2O3. The van der Waals surface area contributed by atoms with Crippen LogP contribution in [-0.4, -0.2) is 23.9 Å². The normalized spacial score (nSPS) is 13.9. The Morgan fingerprint density at radius 2 is 1.43 bits per heavy atom. The first-order valence-electron chi connectivity index (χ1n) is 10.2. The lowest BCUT2D eigenvalue weighted by atomic mass is 10.0. The van der Waals surface area contributed by atoms with E-state index in [1.54, 1.807) is 24.3 Å². The number of nitrogens with one attached hydrogen (secondary N) is 2. The van der Waals surface area contributed by atoms with Crippen molar-refractivity contribution in [2.45, 2.75) is 31.3 Å². The zero-order valence-electron chi connectivity index (χ0n) is 16.6. The molecular weight excluding hydrogens is 376 g/mol. The summed E-state index contributed by atoms with van der Waals surface area (Å²) in [5.74, 6) is 0.950. The van der Waals surface area contributed by atoms with Gasteiger partial charge in [0, 0.05) is 18.0 Å². The highest BCUT2D eigenvalue weighted by atomic mass is 16.5. The van der Waals surface area contributed by atoms with E-state index >= 15 is 0 Å². The van der Waals surface area contributed by atoms with E-state index in [4.69, 9.17) is 4.74 Å². The first-order chi connectivity index (χ1) is 14.7. The Balaban J connectivity index is 1.42. The lowest BCUT2D eigenvalue weighted by molar-refractivity contribution is -0.123. The number of carbonyl (C=O) groups is 2. The van der Waals surface area contributed by atoms with Crippen LogP contribution >= 0.6 is 0 Å². The predicted octanol–water partition coefficient (Wildman–Crippen LogP) is 4.10. The highest BCUT2D eigenvalue weighted by Crippen LogP contribution is 2.21. The number of rotatable bonds is 8. The van der Waals surface area contributed by atoms with Crippen molar-refractivity contribution in [1.29, 1.82) is 0 Å². The minimum absolute atomic E-state index is 0.140. The van der Waals surface area contributed by atoms with Crippen molar-refractivity contribution >= 4 is 11.8 Å². The molecule has 152 valence electrons. The number of carbonyl (C=O) groups excluding carboxylic acids is 2. The van der Waals surface area contributed by atoms with E-state index in [1.165, 1.54) is 0 Å². The van der Waals surface area contributed by atoms with Crippen LogP contribution in [-0.2, 0) is 11.2 Å². The van der Waals surface area contributed by atoms with Crippen molar-refractivity contribution in [2.75, 3.05) is 0 Å². The number of hydrogen-bond acceptors (Lipinski definition) is 3. The molecule has 0 bridgehead atoms. The van der Waals surface area contributed by atoms with Crippen molar-refractivity contribution in [1.82, 2.24) is 10.6 Å². The van der Waals surface area contributed by atoms with Gasteiger partial charge in [-0.2, -0.15) is 0 Å². The molecule has 1 saturated carbocycles. The van der Waals surface area contributed by atoms with Crippen LogP contribution < -0.4 is 15.4 Å². The maximum Gasteiger partial charge on any atom is 0.251 e. The Morgan fingerprint density at radius 1 is 0.833 bits per heavy atom. The Morgan fingerprint density at radius 3 is 2.07 bits per heavy atom. The van der Waals surface area contributed by atoms with Crippen molar-refractivity contribution in [3.8, 4) is 11.5 Å². The average molecular weight is 400 g/mol. The third kappa shape index (κ3) is 5.47. The van der Waals surface area contributed by atoms with E-state index in [1.807, 2.05) is 60.7 Å². The maximum atomic E-state index is 12.8. The van der Waals surface area contributed by atoms with Gasteiger partial charge in [0.1, 0.15) is 17.5 Å². The molecule has 0 radical (unpaired) electrons. The fourth-order valence-corrected chi connectivity index (χ4v) is 3.13. The number of benzene rings is 3. The molecule has 0 saturated heterocycles. The molecule has 0 heterocycles. The average Bonchev–Trinajstić information content (AvgIpc) is 3.59. The highest BCUT2D eigenvalue weighted by molar-refractivity contribution is 5.97. The van der Waals surface area contributed by atoms with Crippen LogP contribution in [0.25, 0.3) is 0 Å². The second kappa shape index (κ2) is 9.27. The molecule has 3 aromatic rings. The molecule has 5 nitrogen and oxygen atoms in total. The summed E-state index contributed by atoms with van der Waals surface area (Å²) in [6, 6.07) is 25.7. The number of hydrogen-bond donors (Lipinski definition) is 2. The summed E-state index contributed by atoms with van der Waals surface area (Å²) in [4.78, 5) is 25.5. The van der Waals surface area contributed by atoms with Crippen LogP contribution in [0.2, 0.25) is 0 Å². The molecule has 4 rings (SSSR count). The smallest absolute Gasteiger partial charge is 0.251 e. The lowest BCUT2D eigenvalue weighted by Gasteiger charge is -2.19. The van der Waals surface area contributed by atoms with Gasteiger partial charge in [0.2, 0.25) is 5.91 Å². The van der Waals surface area contributed by atoms with E-state index < -0.39 is 6.04 Å². The fraction of sp³-hybridized carbons (Fsp3) is 0.200. The fourth-order valence-electron chi connectivity index (χ4n) is 3.13. The van der Waals surface area contributed by atoms with Gasteiger partial charge < -0.3 is 15.4 Å². The summed E-state index contributed by atoms with van der Waals surface area (Å²) in [5, 5.41) is 5.89. The lowest BCUT2D eigenvalue weighted by Crippen LogP contribution is -2.48. The highest BCUT2D eigenvalue weighted by Gasteiger charge is 2.28. The molecule has 1 unspecified atom stereocenters. The van der Waals surface area contributed by atoms with Crippen LogP contribution in [0.15, 0.2) is 84.9 Å². The van der Waals surface area contributed by atoms with E-state index in [0.717, 1.165) is 24.2 Å². The first-order valence-corrected chi connectivity index (χ1v) is 10.2. The van der Waals surface area contributed by atoms with Gasteiger partial charge in [0.05, 0.1) is 0 Å². The van der Waals surface area contributed by atoms with Gasteiger partial charge in [-0.1, -0.05) is 48.5 Å². The molecule has 1 atom stereocenters. The minimum Gasteiger partial charge on any atom is -0.457 e. The molecule has 2 amide bonds. The van der Waals surface area contributed by atoms with Crippen LogP contribution in [0.4, 0.5) is 0 Å². The van der Waals surface area contributed by atoms with Gasteiger partial charge in [-0.05, 0) is 54.8 Å². The van der Waals surface area contributed by atoms with Crippen LogP contribution in [0, 0.1) is 0 Å². The van der Waals surface area contributed by atoms with E-state index in [0.29, 0.717) is 17.7 Å². The van der Waals surface area contributed by atoms with E-state index in [-0.39, 0.29) is 17.9 Å². The van der Waals surface area contributed by atoms with Gasteiger partial charge in [-0.3, -0.25) is 9.59 Å². The summed E-state index contributed by atoms with van der Waals surface area (Å²) in [6.45, 7) is 0. The van der Waals surface area contributed by atoms with Crippen LogP contribution in [0.3, 0.4) is 0 Å². The predicted molar refractivity (Wildman–Crippen MR) is 116 cm³/mol. The summed E-state index contributed by atoms with van der Waals surface area (Å²) in [5.41, 5.74) is 1.48. The standard InChI is InChI=1S/C25H24N2O3/c28-24(19-11-15-22(16-12-19)30-21-9-5-2-6-10-21)27-23(25(29)26-20-13-14-20)17-18-7-3-1-4-8-18/h1-12,15-16,20,23H,13-14,17H2,(H,26,29)(H,27,28). The van der Waals surface area contributed by atoms with Crippen molar-refractivity contribution in [3.05, 3.63) is 96.1 Å². The zero-order valence-corrected chi connectivity index (χ0v) is 16.6. The maximum absolute atomic E-state index is 12.8. The van der Waals surface area contributed by atoms with Crippen LogP contribution in [0.1, 0.15) is 28.8 Å². The van der Waals surface area contributed by atoms with E-state index in [2.05, 4.69) is 10.6 Å². The summed E-state index contributed by atoms with van der Waals surface area (Å²) < 4.78 is 5.77. The first kappa shape index (κ1) is 19.7. The van der Waals surface area contributed by atoms with Crippen molar-refractivity contribution in [2.24, 2.45) is 0 Å². The molecule has 3 aromatic carbocycles. The number of amides is 2. The van der Waals surface area contributed by atoms with Gasteiger partial charge in [0.15, 0.2) is 0 Å². The quantitative estimate of drug-likeness (QED) is 0.598. The Bertz CT molecular complexity index is 984. The monoisotopic (exact) mass is 400 g/mol. The summed E-state index contributed by atoms with van der Waals surface area (Å²) >= 11 is 0. The van der Waals surface area contributed by atoms with Gasteiger partial charge in [-0.15, -0.1) is 0 Å².